The Bertz CT molecular complexity index is 1020. The Balaban J connectivity index is 1.79. The summed E-state index contributed by atoms with van der Waals surface area (Å²) < 4.78 is 1.99. The number of aromatic nitrogens is 3. The average Bonchev–Trinajstić information content (AvgIpc) is 3.06. The van der Waals surface area contributed by atoms with Crippen LogP contribution in [0.2, 0.25) is 10.0 Å². The summed E-state index contributed by atoms with van der Waals surface area (Å²) in [6.07, 6.45) is 1.72. The van der Waals surface area contributed by atoms with Crippen LogP contribution in [0.25, 0.3) is 22.2 Å². The second-order valence-electron chi connectivity index (χ2n) is 5.52. The molecule has 0 aliphatic heterocycles. The number of rotatable bonds is 3. The van der Waals surface area contributed by atoms with E-state index in [0.717, 1.165) is 5.56 Å². The van der Waals surface area contributed by atoms with E-state index in [4.69, 9.17) is 23.2 Å². The maximum absolute atomic E-state index is 6.34. The predicted octanol–water partition coefficient (Wildman–Crippen LogP) is 5.45. The van der Waals surface area contributed by atoms with Crippen molar-refractivity contribution in [1.82, 2.24) is 14.8 Å². The van der Waals surface area contributed by atoms with Gasteiger partial charge in [-0.25, -0.2) is 0 Å². The van der Waals surface area contributed by atoms with Gasteiger partial charge in [0.1, 0.15) is 6.33 Å². The van der Waals surface area contributed by atoms with Crippen molar-refractivity contribution in [3.05, 3.63) is 82.6 Å². The Kier molecular flexibility index (Phi) is 3.97. The Morgan fingerprint density at radius 2 is 1.67 bits per heavy atom. The van der Waals surface area contributed by atoms with Crippen LogP contribution in [0, 0.1) is 0 Å². The minimum atomic E-state index is 0.492. The lowest BCUT2D eigenvalue weighted by atomic mass is 10.0. The third-order valence-corrected chi connectivity index (χ3v) is 4.85. The van der Waals surface area contributed by atoms with E-state index in [9.17, 15) is 0 Å². The highest BCUT2D eigenvalue weighted by Crippen LogP contribution is 2.32. The van der Waals surface area contributed by atoms with Gasteiger partial charge in [-0.3, -0.25) is 0 Å². The summed E-state index contributed by atoms with van der Waals surface area (Å²) in [5, 5.41) is 11.7. The highest BCUT2D eigenvalue weighted by Gasteiger charge is 2.14. The van der Waals surface area contributed by atoms with E-state index in [1.807, 2.05) is 28.8 Å². The van der Waals surface area contributed by atoms with Crippen molar-refractivity contribution < 1.29 is 0 Å². The molecule has 0 spiro atoms. The first-order valence-electron chi connectivity index (χ1n) is 7.53. The molecule has 0 fully saturated rings. The largest absolute Gasteiger partial charge is 0.309 e. The van der Waals surface area contributed by atoms with Gasteiger partial charge >= 0.3 is 0 Å². The van der Waals surface area contributed by atoms with Gasteiger partial charge in [-0.15, -0.1) is 10.2 Å². The Labute approximate surface area is 149 Å². The van der Waals surface area contributed by atoms with E-state index in [1.54, 1.807) is 12.4 Å². The SMILES string of the molecule is Clc1cccc(-c2nncn2Cc2cccc3ccccc23)c1Cl. The molecule has 0 atom stereocenters. The van der Waals surface area contributed by atoms with E-state index in [1.165, 1.54) is 16.3 Å². The summed E-state index contributed by atoms with van der Waals surface area (Å²) in [5.74, 6) is 0.704. The van der Waals surface area contributed by atoms with Gasteiger partial charge in [-0.2, -0.15) is 0 Å². The van der Waals surface area contributed by atoms with Gasteiger partial charge in [-0.05, 0) is 28.5 Å². The Morgan fingerprint density at radius 1 is 0.875 bits per heavy atom. The Morgan fingerprint density at radius 3 is 2.58 bits per heavy atom. The number of nitrogens with zero attached hydrogens (tertiary/aromatic N) is 3. The van der Waals surface area contributed by atoms with Crippen LogP contribution in [0.15, 0.2) is 67.0 Å². The molecule has 0 unspecified atom stereocenters. The molecular weight excluding hydrogens is 341 g/mol. The fourth-order valence-electron chi connectivity index (χ4n) is 2.87. The fourth-order valence-corrected chi connectivity index (χ4v) is 3.25. The first-order chi connectivity index (χ1) is 11.7. The average molecular weight is 354 g/mol. The zero-order valence-electron chi connectivity index (χ0n) is 12.7. The van der Waals surface area contributed by atoms with Crippen molar-refractivity contribution in [1.29, 1.82) is 0 Å². The van der Waals surface area contributed by atoms with Crippen LogP contribution in [-0.2, 0) is 6.54 Å². The molecule has 24 heavy (non-hydrogen) atoms. The van der Waals surface area contributed by atoms with Crippen molar-refractivity contribution in [2.45, 2.75) is 6.54 Å². The van der Waals surface area contributed by atoms with E-state index >= 15 is 0 Å². The molecule has 0 saturated heterocycles. The second-order valence-corrected chi connectivity index (χ2v) is 6.31. The lowest BCUT2D eigenvalue weighted by molar-refractivity contribution is 0.808. The van der Waals surface area contributed by atoms with E-state index in [0.29, 0.717) is 22.4 Å². The summed E-state index contributed by atoms with van der Waals surface area (Å²) in [5.41, 5.74) is 1.98. The van der Waals surface area contributed by atoms with Gasteiger partial charge in [-0.1, -0.05) is 71.7 Å². The first-order valence-corrected chi connectivity index (χ1v) is 8.28. The molecule has 5 heteroatoms. The molecule has 4 aromatic rings. The first kappa shape index (κ1) is 15.2. The number of hydrogen-bond acceptors (Lipinski definition) is 2. The highest BCUT2D eigenvalue weighted by atomic mass is 35.5. The van der Waals surface area contributed by atoms with Gasteiger partial charge < -0.3 is 4.57 Å². The van der Waals surface area contributed by atoms with Crippen LogP contribution in [0.5, 0.6) is 0 Å². The summed E-state index contributed by atoms with van der Waals surface area (Å²) in [4.78, 5) is 0. The highest BCUT2D eigenvalue weighted by molar-refractivity contribution is 6.43. The number of benzene rings is 3. The number of fused-ring (bicyclic) bond motifs is 1. The zero-order chi connectivity index (χ0) is 16.5. The second kappa shape index (κ2) is 6.27. The van der Waals surface area contributed by atoms with Crippen molar-refractivity contribution in [2.75, 3.05) is 0 Å². The van der Waals surface area contributed by atoms with Crippen LogP contribution in [-0.4, -0.2) is 14.8 Å². The lowest BCUT2D eigenvalue weighted by Gasteiger charge is -2.11. The van der Waals surface area contributed by atoms with Crippen LogP contribution in [0.4, 0.5) is 0 Å². The van der Waals surface area contributed by atoms with Gasteiger partial charge in [0, 0.05) is 5.56 Å². The summed E-state index contributed by atoms with van der Waals surface area (Å²) in [7, 11) is 0. The molecule has 0 aliphatic carbocycles. The van der Waals surface area contributed by atoms with Crippen LogP contribution in [0.3, 0.4) is 0 Å². The quantitative estimate of drug-likeness (QED) is 0.490. The molecule has 3 nitrogen and oxygen atoms in total. The maximum Gasteiger partial charge on any atom is 0.165 e. The molecule has 0 bridgehead atoms. The van der Waals surface area contributed by atoms with Crippen LogP contribution < -0.4 is 0 Å². The van der Waals surface area contributed by atoms with E-state index in [-0.39, 0.29) is 0 Å². The minimum absolute atomic E-state index is 0.492. The normalized spacial score (nSPS) is 11.1. The molecule has 0 saturated carbocycles. The lowest BCUT2D eigenvalue weighted by Crippen LogP contribution is -2.02. The summed E-state index contributed by atoms with van der Waals surface area (Å²) in [6, 6.07) is 20.1. The third kappa shape index (κ3) is 2.66. The third-order valence-electron chi connectivity index (χ3n) is 4.03. The van der Waals surface area contributed by atoms with Crippen molar-refractivity contribution in [3.63, 3.8) is 0 Å². The standard InChI is InChI=1S/C19H13Cl2N3/c20-17-10-4-9-16(18(17)21)19-23-22-12-24(19)11-14-7-3-6-13-5-1-2-8-15(13)14/h1-10,12H,11H2. The predicted molar refractivity (Wildman–Crippen MR) is 98.5 cm³/mol. The smallest absolute Gasteiger partial charge is 0.165 e. The Hall–Kier alpha value is -2.36. The number of halogens is 2. The molecule has 0 N–H and O–H groups in total. The molecular formula is C19H13Cl2N3. The maximum atomic E-state index is 6.34. The number of hydrogen-bond donors (Lipinski definition) is 0. The van der Waals surface area contributed by atoms with Gasteiger partial charge in [0.25, 0.3) is 0 Å². The van der Waals surface area contributed by atoms with Gasteiger partial charge in [0.05, 0.1) is 16.6 Å². The molecule has 118 valence electrons. The van der Waals surface area contributed by atoms with Crippen molar-refractivity contribution >= 4 is 34.0 Å². The molecule has 4 rings (SSSR count). The zero-order valence-corrected chi connectivity index (χ0v) is 14.2. The van der Waals surface area contributed by atoms with Gasteiger partial charge in [0.2, 0.25) is 0 Å². The molecule has 3 aromatic carbocycles. The molecule has 1 aromatic heterocycles. The minimum Gasteiger partial charge on any atom is -0.309 e. The van der Waals surface area contributed by atoms with E-state index < -0.39 is 0 Å². The molecule has 0 radical (unpaired) electrons. The van der Waals surface area contributed by atoms with E-state index in [2.05, 4.69) is 40.5 Å². The van der Waals surface area contributed by atoms with Crippen LogP contribution in [0.1, 0.15) is 5.56 Å². The van der Waals surface area contributed by atoms with Crippen LogP contribution >= 0.6 is 23.2 Å². The van der Waals surface area contributed by atoms with Gasteiger partial charge in [0.15, 0.2) is 5.82 Å². The summed E-state index contributed by atoms with van der Waals surface area (Å²) in [6.45, 7) is 0.659. The topological polar surface area (TPSA) is 30.7 Å². The van der Waals surface area contributed by atoms with Crippen molar-refractivity contribution in [2.24, 2.45) is 0 Å². The monoisotopic (exact) mass is 353 g/mol. The van der Waals surface area contributed by atoms with Crippen molar-refractivity contribution in [3.8, 4) is 11.4 Å². The molecule has 1 heterocycles. The molecule has 0 aliphatic rings. The summed E-state index contributed by atoms with van der Waals surface area (Å²) >= 11 is 12.5. The molecule has 0 amide bonds. The fraction of sp³-hybridized carbons (Fsp3) is 0.0526.